The predicted octanol–water partition coefficient (Wildman–Crippen LogP) is 3.47. The molecule has 4 nitrogen and oxygen atoms in total. The second kappa shape index (κ2) is 7.49. The number of carbonyl (C=O) groups excluding carboxylic acids is 1. The minimum atomic E-state index is -0.0327. The Hall–Kier alpha value is -2.33. The van der Waals surface area contributed by atoms with E-state index in [1.807, 2.05) is 37.3 Å². The van der Waals surface area contributed by atoms with E-state index < -0.39 is 0 Å². The SMILES string of the molecule is COc1ccccc1[C@@H](C)NCC(=O)Nc1ccc2c(c1)CCC2. The second-order valence-electron chi connectivity index (χ2n) is 6.23. The van der Waals surface area contributed by atoms with E-state index in [4.69, 9.17) is 4.74 Å². The molecule has 0 aliphatic heterocycles. The number of para-hydroxylation sites is 1. The standard InChI is InChI=1S/C20H24N2O2/c1-14(18-8-3-4-9-19(18)24-2)21-13-20(23)22-17-11-10-15-6-5-7-16(15)12-17/h3-4,8-12,14,21H,5-7,13H2,1-2H3,(H,22,23)/t14-/m1/s1. The molecular formula is C20H24N2O2. The van der Waals surface area contributed by atoms with Crippen molar-refractivity contribution in [2.45, 2.75) is 32.2 Å². The lowest BCUT2D eigenvalue weighted by atomic mass is 10.1. The summed E-state index contributed by atoms with van der Waals surface area (Å²) in [4.78, 5) is 12.2. The third-order valence-corrected chi connectivity index (χ3v) is 4.56. The number of hydrogen-bond acceptors (Lipinski definition) is 3. The first kappa shape index (κ1) is 16.5. The number of nitrogens with one attached hydrogen (secondary N) is 2. The molecule has 1 aliphatic carbocycles. The van der Waals surface area contributed by atoms with E-state index in [1.165, 1.54) is 17.5 Å². The summed E-state index contributed by atoms with van der Waals surface area (Å²) >= 11 is 0. The molecule has 1 amide bonds. The van der Waals surface area contributed by atoms with Crippen molar-refractivity contribution in [1.82, 2.24) is 5.32 Å². The van der Waals surface area contributed by atoms with E-state index in [2.05, 4.69) is 22.8 Å². The third kappa shape index (κ3) is 3.77. The topological polar surface area (TPSA) is 50.4 Å². The van der Waals surface area contributed by atoms with Gasteiger partial charge in [0.15, 0.2) is 0 Å². The fraction of sp³-hybridized carbons (Fsp3) is 0.350. The Morgan fingerprint density at radius 2 is 1.96 bits per heavy atom. The Morgan fingerprint density at radius 1 is 1.17 bits per heavy atom. The van der Waals surface area contributed by atoms with E-state index in [1.54, 1.807) is 7.11 Å². The molecule has 0 unspecified atom stereocenters. The highest BCUT2D eigenvalue weighted by Gasteiger charge is 2.14. The van der Waals surface area contributed by atoms with Crippen LogP contribution in [0.1, 0.15) is 36.1 Å². The number of hydrogen-bond donors (Lipinski definition) is 2. The molecule has 0 bridgehead atoms. The van der Waals surface area contributed by atoms with Gasteiger partial charge in [-0.25, -0.2) is 0 Å². The van der Waals surface area contributed by atoms with Crippen LogP contribution in [0.15, 0.2) is 42.5 Å². The first-order valence-electron chi connectivity index (χ1n) is 8.45. The van der Waals surface area contributed by atoms with Gasteiger partial charge in [-0.05, 0) is 55.5 Å². The monoisotopic (exact) mass is 324 g/mol. The van der Waals surface area contributed by atoms with Crippen LogP contribution in [-0.2, 0) is 17.6 Å². The molecular weight excluding hydrogens is 300 g/mol. The molecule has 1 aliphatic rings. The van der Waals surface area contributed by atoms with Crippen LogP contribution in [0, 0.1) is 0 Å². The maximum Gasteiger partial charge on any atom is 0.238 e. The summed E-state index contributed by atoms with van der Waals surface area (Å²) in [7, 11) is 1.66. The number of fused-ring (bicyclic) bond motifs is 1. The predicted molar refractivity (Wildman–Crippen MR) is 96.5 cm³/mol. The molecule has 2 N–H and O–H groups in total. The molecule has 1 atom stereocenters. The molecule has 0 saturated heterocycles. The lowest BCUT2D eigenvalue weighted by Crippen LogP contribution is -2.30. The van der Waals surface area contributed by atoms with Gasteiger partial charge in [0.2, 0.25) is 5.91 Å². The van der Waals surface area contributed by atoms with Crippen molar-refractivity contribution in [2.75, 3.05) is 19.0 Å². The highest BCUT2D eigenvalue weighted by atomic mass is 16.5. The minimum absolute atomic E-state index is 0.0327. The van der Waals surface area contributed by atoms with Crippen molar-refractivity contribution >= 4 is 11.6 Å². The van der Waals surface area contributed by atoms with Crippen molar-refractivity contribution in [3.63, 3.8) is 0 Å². The summed E-state index contributed by atoms with van der Waals surface area (Å²) in [5, 5.41) is 6.23. The number of anilines is 1. The van der Waals surface area contributed by atoms with Crippen LogP contribution in [0.3, 0.4) is 0 Å². The molecule has 126 valence electrons. The largest absolute Gasteiger partial charge is 0.496 e. The normalized spacial score (nSPS) is 14.1. The number of benzene rings is 2. The van der Waals surface area contributed by atoms with Crippen molar-refractivity contribution < 1.29 is 9.53 Å². The highest BCUT2D eigenvalue weighted by Crippen LogP contribution is 2.25. The van der Waals surface area contributed by atoms with Crippen LogP contribution in [0.5, 0.6) is 5.75 Å². The van der Waals surface area contributed by atoms with Gasteiger partial charge in [0.25, 0.3) is 0 Å². The molecule has 2 aromatic carbocycles. The summed E-state index contributed by atoms with van der Waals surface area (Å²) in [5.74, 6) is 0.797. The molecule has 0 saturated carbocycles. The Labute approximate surface area is 143 Å². The van der Waals surface area contributed by atoms with E-state index in [-0.39, 0.29) is 18.5 Å². The maximum absolute atomic E-state index is 12.2. The summed E-state index contributed by atoms with van der Waals surface area (Å²) in [6.07, 6.45) is 3.48. The van der Waals surface area contributed by atoms with Crippen molar-refractivity contribution in [3.8, 4) is 5.75 Å². The molecule has 4 heteroatoms. The van der Waals surface area contributed by atoms with Crippen molar-refractivity contribution in [1.29, 1.82) is 0 Å². The smallest absolute Gasteiger partial charge is 0.238 e. The van der Waals surface area contributed by atoms with E-state index >= 15 is 0 Å². The summed E-state index contributed by atoms with van der Waals surface area (Å²) in [6.45, 7) is 2.29. The number of aryl methyl sites for hydroxylation is 2. The summed E-state index contributed by atoms with van der Waals surface area (Å²) in [5.41, 5.74) is 4.71. The van der Waals surface area contributed by atoms with Crippen LogP contribution in [0.4, 0.5) is 5.69 Å². The Bertz CT molecular complexity index is 727. The molecule has 0 aromatic heterocycles. The molecule has 0 spiro atoms. The van der Waals surface area contributed by atoms with Crippen LogP contribution in [0.25, 0.3) is 0 Å². The fourth-order valence-corrected chi connectivity index (χ4v) is 3.23. The van der Waals surface area contributed by atoms with Gasteiger partial charge in [-0.1, -0.05) is 24.3 Å². The number of rotatable bonds is 6. The number of carbonyl (C=O) groups is 1. The minimum Gasteiger partial charge on any atom is -0.496 e. The van der Waals surface area contributed by atoms with Crippen LogP contribution in [0.2, 0.25) is 0 Å². The van der Waals surface area contributed by atoms with Gasteiger partial charge in [-0.3, -0.25) is 4.79 Å². The third-order valence-electron chi connectivity index (χ3n) is 4.56. The van der Waals surface area contributed by atoms with Crippen molar-refractivity contribution in [2.24, 2.45) is 0 Å². The van der Waals surface area contributed by atoms with Gasteiger partial charge in [0.05, 0.1) is 13.7 Å². The zero-order chi connectivity index (χ0) is 16.9. The van der Waals surface area contributed by atoms with E-state index in [0.717, 1.165) is 29.8 Å². The fourth-order valence-electron chi connectivity index (χ4n) is 3.23. The van der Waals surface area contributed by atoms with Crippen molar-refractivity contribution in [3.05, 3.63) is 59.2 Å². The average Bonchev–Trinajstić information content (AvgIpc) is 3.07. The van der Waals surface area contributed by atoms with Gasteiger partial charge in [0.1, 0.15) is 5.75 Å². The first-order chi connectivity index (χ1) is 11.7. The van der Waals surface area contributed by atoms with E-state index in [0.29, 0.717) is 0 Å². The Balaban J connectivity index is 1.55. The number of ether oxygens (including phenoxy) is 1. The first-order valence-corrected chi connectivity index (χ1v) is 8.45. The summed E-state index contributed by atoms with van der Waals surface area (Å²) in [6, 6.07) is 14.1. The average molecular weight is 324 g/mol. The lowest BCUT2D eigenvalue weighted by Gasteiger charge is -2.17. The molecule has 24 heavy (non-hydrogen) atoms. The van der Waals surface area contributed by atoms with Crippen LogP contribution in [-0.4, -0.2) is 19.6 Å². The van der Waals surface area contributed by atoms with Gasteiger partial charge in [-0.2, -0.15) is 0 Å². The quantitative estimate of drug-likeness (QED) is 0.855. The van der Waals surface area contributed by atoms with Crippen LogP contribution < -0.4 is 15.4 Å². The van der Waals surface area contributed by atoms with Gasteiger partial charge < -0.3 is 15.4 Å². The number of amides is 1. The van der Waals surface area contributed by atoms with E-state index in [9.17, 15) is 4.79 Å². The zero-order valence-electron chi connectivity index (χ0n) is 14.3. The molecule has 0 fully saturated rings. The zero-order valence-corrected chi connectivity index (χ0v) is 14.3. The lowest BCUT2D eigenvalue weighted by molar-refractivity contribution is -0.115. The Kier molecular flexibility index (Phi) is 5.16. The second-order valence-corrected chi connectivity index (χ2v) is 6.23. The maximum atomic E-state index is 12.2. The van der Waals surface area contributed by atoms with Gasteiger partial charge >= 0.3 is 0 Å². The molecule has 0 radical (unpaired) electrons. The van der Waals surface area contributed by atoms with Crippen LogP contribution >= 0.6 is 0 Å². The van der Waals surface area contributed by atoms with Gasteiger partial charge in [-0.15, -0.1) is 0 Å². The highest BCUT2D eigenvalue weighted by molar-refractivity contribution is 5.92. The molecule has 2 aromatic rings. The molecule has 3 rings (SSSR count). The molecule has 0 heterocycles. The summed E-state index contributed by atoms with van der Waals surface area (Å²) < 4.78 is 5.37. The van der Waals surface area contributed by atoms with Gasteiger partial charge in [0, 0.05) is 17.3 Å². The Morgan fingerprint density at radius 3 is 2.79 bits per heavy atom. The number of methoxy groups -OCH3 is 1.